The third-order valence-corrected chi connectivity index (χ3v) is 1.57. The Morgan fingerprint density at radius 1 is 1.45 bits per heavy atom. The highest BCUT2D eigenvalue weighted by molar-refractivity contribution is 5.71. The fourth-order valence-electron chi connectivity index (χ4n) is 1.02. The number of nitrogens with zero attached hydrogens (tertiary/aromatic N) is 3. The van der Waals surface area contributed by atoms with Crippen LogP contribution in [-0.2, 0) is 0 Å². The molecule has 2 N–H and O–H groups in total. The van der Waals surface area contributed by atoms with Crippen LogP contribution in [0.5, 0.6) is 0 Å². The summed E-state index contributed by atoms with van der Waals surface area (Å²) in [4.78, 5) is 8.08. The van der Waals surface area contributed by atoms with Gasteiger partial charge in [0.2, 0.25) is 0 Å². The predicted octanol–water partition coefficient (Wildman–Crippen LogP) is 0.454. The van der Waals surface area contributed by atoms with Gasteiger partial charge in [-0.3, -0.25) is 0 Å². The zero-order valence-corrected chi connectivity index (χ0v) is 6.15. The highest BCUT2D eigenvalue weighted by atomic mass is 15.3. The van der Waals surface area contributed by atoms with E-state index in [1.54, 1.807) is 12.5 Å². The number of rotatable bonds is 0. The van der Waals surface area contributed by atoms with Crippen LogP contribution in [0.15, 0.2) is 18.6 Å². The second-order valence-electron chi connectivity index (χ2n) is 2.51. The maximum Gasteiger partial charge on any atom is 0.179 e. The van der Waals surface area contributed by atoms with E-state index in [1.165, 1.54) is 4.68 Å². The molecule has 2 heterocycles. The first-order chi connectivity index (χ1) is 5.27. The second kappa shape index (κ2) is 1.95. The van der Waals surface area contributed by atoms with Gasteiger partial charge in [0, 0.05) is 6.20 Å². The van der Waals surface area contributed by atoms with E-state index < -0.39 is 0 Å². The summed E-state index contributed by atoms with van der Waals surface area (Å²) in [5.41, 5.74) is 2.65. The predicted molar refractivity (Wildman–Crippen MR) is 42.4 cm³/mol. The first kappa shape index (κ1) is 6.15. The molecule has 0 saturated carbocycles. The number of hydrogen-bond donors (Lipinski definition) is 1. The van der Waals surface area contributed by atoms with Crippen molar-refractivity contribution in [3.63, 3.8) is 0 Å². The van der Waals surface area contributed by atoms with Gasteiger partial charge in [0.05, 0.1) is 0 Å². The molecule has 11 heavy (non-hydrogen) atoms. The molecule has 56 valence electrons. The van der Waals surface area contributed by atoms with Gasteiger partial charge in [0.1, 0.15) is 11.8 Å². The average molecular weight is 148 g/mol. The molecule has 2 aromatic heterocycles. The molecule has 2 aromatic rings. The monoisotopic (exact) mass is 148 g/mol. The molecule has 0 aromatic carbocycles. The molecular formula is C7H8N4. The van der Waals surface area contributed by atoms with Gasteiger partial charge in [0.25, 0.3) is 0 Å². The summed E-state index contributed by atoms with van der Waals surface area (Å²) < 4.78 is 1.47. The largest absolute Gasteiger partial charge is 0.338 e. The van der Waals surface area contributed by atoms with Crippen molar-refractivity contribution in [1.82, 2.24) is 14.6 Å². The van der Waals surface area contributed by atoms with Gasteiger partial charge in [-0.1, -0.05) is 0 Å². The van der Waals surface area contributed by atoms with E-state index in [0.717, 1.165) is 11.1 Å². The van der Waals surface area contributed by atoms with Crippen LogP contribution in [-0.4, -0.2) is 14.6 Å². The molecule has 0 aliphatic rings. The number of pyridine rings is 1. The van der Waals surface area contributed by atoms with Crippen LogP contribution in [0.25, 0.3) is 11.2 Å². The highest BCUT2D eigenvalue weighted by Gasteiger charge is 1.99. The van der Waals surface area contributed by atoms with E-state index >= 15 is 0 Å². The molecule has 0 fully saturated rings. The summed E-state index contributed by atoms with van der Waals surface area (Å²) in [6.07, 6.45) is 3.33. The summed E-state index contributed by atoms with van der Waals surface area (Å²) in [5.74, 6) is 5.56. The number of nitrogen functional groups attached to an aromatic ring is 1. The summed E-state index contributed by atoms with van der Waals surface area (Å²) >= 11 is 0. The minimum atomic E-state index is 0.693. The van der Waals surface area contributed by atoms with Gasteiger partial charge in [-0.25, -0.2) is 14.6 Å². The minimum absolute atomic E-state index is 0.693. The van der Waals surface area contributed by atoms with Crippen molar-refractivity contribution in [2.75, 3.05) is 5.84 Å². The Morgan fingerprint density at radius 2 is 2.27 bits per heavy atom. The Balaban J connectivity index is 2.87. The average Bonchev–Trinajstić information content (AvgIpc) is 2.33. The topological polar surface area (TPSA) is 56.7 Å². The van der Waals surface area contributed by atoms with Gasteiger partial charge in [-0.15, -0.1) is 0 Å². The fourth-order valence-corrected chi connectivity index (χ4v) is 1.02. The molecule has 0 aliphatic heterocycles. The molecule has 0 radical (unpaired) electrons. The standard InChI is InChI=1S/C7H8N4/c1-5-2-6-7(9-3-5)10-4-11(6)8/h2-4H,8H2,1H3. The molecule has 0 atom stereocenters. The maximum atomic E-state index is 5.56. The lowest BCUT2D eigenvalue weighted by Crippen LogP contribution is -2.05. The molecule has 0 saturated heterocycles. The van der Waals surface area contributed by atoms with E-state index in [4.69, 9.17) is 5.84 Å². The number of imidazole rings is 1. The van der Waals surface area contributed by atoms with Gasteiger partial charge in [-0.05, 0) is 18.6 Å². The third kappa shape index (κ3) is 0.832. The van der Waals surface area contributed by atoms with Gasteiger partial charge in [-0.2, -0.15) is 0 Å². The minimum Gasteiger partial charge on any atom is -0.338 e. The van der Waals surface area contributed by atoms with Crippen LogP contribution in [0.2, 0.25) is 0 Å². The van der Waals surface area contributed by atoms with Gasteiger partial charge in [0.15, 0.2) is 5.65 Å². The van der Waals surface area contributed by atoms with Crippen LogP contribution in [0.1, 0.15) is 5.56 Å². The Bertz CT molecular complexity index is 390. The van der Waals surface area contributed by atoms with E-state index in [2.05, 4.69) is 9.97 Å². The summed E-state index contributed by atoms with van der Waals surface area (Å²) in [6, 6.07) is 1.95. The summed E-state index contributed by atoms with van der Waals surface area (Å²) in [6.45, 7) is 1.97. The fraction of sp³-hybridized carbons (Fsp3) is 0.143. The summed E-state index contributed by atoms with van der Waals surface area (Å²) in [7, 11) is 0. The molecule has 4 nitrogen and oxygen atoms in total. The van der Waals surface area contributed by atoms with Crippen molar-refractivity contribution in [3.05, 3.63) is 24.2 Å². The molecular weight excluding hydrogens is 140 g/mol. The van der Waals surface area contributed by atoms with Gasteiger partial charge >= 0.3 is 0 Å². The van der Waals surface area contributed by atoms with Crippen molar-refractivity contribution < 1.29 is 0 Å². The van der Waals surface area contributed by atoms with Crippen LogP contribution in [0.4, 0.5) is 0 Å². The number of aromatic nitrogens is 3. The Kier molecular flexibility index (Phi) is 1.09. The summed E-state index contributed by atoms with van der Waals surface area (Å²) in [5, 5.41) is 0. The molecule has 0 amide bonds. The van der Waals surface area contributed by atoms with Crippen LogP contribution in [0, 0.1) is 6.92 Å². The van der Waals surface area contributed by atoms with E-state index in [9.17, 15) is 0 Å². The molecule has 0 spiro atoms. The molecule has 4 heteroatoms. The Labute approximate surface area is 63.6 Å². The SMILES string of the molecule is Cc1cnc2ncn(N)c2c1. The first-order valence-electron chi connectivity index (χ1n) is 3.32. The first-order valence-corrected chi connectivity index (χ1v) is 3.32. The molecule has 0 aliphatic carbocycles. The lowest BCUT2D eigenvalue weighted by Gasteiger charge is -1.93. The normalized spacial score (nSPS) is 10.6. The van der Waals surface area contributed by atoms with E-state index in [1.807, 2.05) is 13.0 Å². The zero-order valence-electron chi connectivity index (χ0n) is 6.15. The number of aryl methyl sites for hydroxylation is 1. The second-order valence-corrected chi connectivity index (χ2v) is 2.51. The van der Waals surface area contributed by atoms with E-state index in [-0.39, 0.29) is 0 Å². The highest BCUT2D eigenvalue weighted by Crippen LogP contribution is 2.08. The van der Waals surface area contributed by atoms with E-state index in [0.29, 0.717) is 5.65 Å². The number of fused-ring (bicyclic) bond motifs is 1. The third-order valence-electron chi connectivity index (χ3n) is 1.57. The molecule has 0 unspecified atom stereocenters. The van der Waals surface area contributed by atoms with Crippen molar-refractivity contribution in [2.45, 2.75) is 6.92 Å². The lowest BCUT2D eigenvalue weighted by molar-refractivity contribution is 1.04. The Morgan fingerprint density at radius 3 is 3.09 bits per heavy atom. The van der Waals surface area contributed by atoms with Crippen LogP contribution < -0.4 is 5.84 Å². The van der Waals surface area contributed by atoms with Crippen molar-refractivity contribution in [2.24, 2.45) is 0 Å². The van der Waals surface area contributed by atoms with Crippen molar-refractivity contribution in [3.8, 4) is 0 Å². The quantitative estimate of drug-likeness (QED) is 0.552. The number of hydrogen-bond acceptors (Lipinski definition) is 3. The van der Waals surface area contributed by atoms with Crippen LogP contribution >= 0.6 is 0 Å². The molecule has 2 rings (SSSR count). The van der Waals surface area contributed by atoms with Crippen molar-refractivity contribution in [1.29, 1.82) is 0 Å². The lowest BCUT2D eigenvalue weighted by atomic mass is 10.3. The zero-order chi connectivity index (χ0) is 7.84. The van der Waals surface area contributed by atoms with Crippen molar-refractivity contribution >= 4 is 11.2 Å². The number of nitrogens with two attached hydrogens (primary N) is 1. The van der Waals surface area contributed by atoms with Crippen LogP contribution in [0.3, 0.4) is 0 Å². The van der Waals surface area contributed by atoms with Gasteiger partial charge < -0.3 is 5.84 Å². The maximum absolute atomic E-state index is 5.56. The molecule has 0 bridgehead atoms. The smallest absolute Gasteiger partial charge is 0.179 e. The Hall–Kier alpha value is -1.58.